The molecule has 2 heterocycles. The second-order valence-corrected chi connectivity index (χ2v) is 9.07. The molecule has 176 valence electrons. The van der Waals surface area contributed by atoms with Crippen molar-refractivity contribution >= 4 is 40.5 Å². The molecule has 3 aromatic rings. The van der Waals surface area contributed by atoms with Gasteiger partial charge in [-0.1, -0.05) is 23.8 Å². The van der Waals surface area contributed by atoms with Gasteiger partial charge in [0.25, 0.3) is 5.91 Å². The van der Waals surface area contributed by atoms with Crippen molar-refractivity contribution < 1.29 is 23.9 Å². The number of nitrogens with zero attached hydrogens (tertiary/aromatic N) is 1. The van der Waals surface area contributed by atoms with E-state index in [9.17, 15) is 14.4 Å². The summed E-state index contributed by atoms with van der Waals surface area (Å²) >= 11 is 1.49. The molecule has 0 unspecified atom stereocenters. The largest absolute Gasteiger partial charge is 0.497 e. The highest BCUT2D eigenvalue weighted by atomic mass is 32.1. The van der Waals surface area contributed by atoms with Gasteiger partial charge in [0.1, 0.15) is 5.75 Å². The Kier molecular flexibility index (Phi) is 7.27. The number of rotatable bonds is 7. The summed E-state index contributed by atoms with van der Waals surface area (Å²) in [5.41, 5.74) is 2.40. The molecule has 34 heavy (non-hydrogen) atoms. The molecule has 1 aliphatic heterocycles. The third-order valence-corrected chi connectivity index (χ3v) is 6.71. The van der Waals surface area contributed by atoms with E-state index in [1.165, 1.54) is 11.3 Å². The third-order valence-electron chi connectivity index (χ3n) is 5.77. The number of methoxy groups -OCH3 is 1. The maximum atomic E-state index is 13.1. The number of thiophene rings is 1. The number of benzene rings is 2. The fraction of sp³-hybridized carbons (Fsp3) is 0.269. The predicted molar refractivity (Wildman–Crippen MR) is 131 cm³/mol. The van der Waals surface area contributed by atoms with Gasteiger partial charge in [0.05, 0.1) is 19.1 Å². The Morgan fingerprint density at radius 1 is 1.09 bits per heavy atom. The van der Waals surface area contributed by atoms with E-state index < -0.39 is 30.4 Å². The predicted octanol–water partition coefficient (Wildman–Crippen LogP) is 4.73. The molecule has 8 heteroatoms. The number of hydrogen-bond acceptors (Lipinski definition) is 6. The number of piperidine rings is 1. The lowest BCUT2D eigenvalue weighted by Gasteiger charge is -2.39. The van der Waals surface area contributed by atoms with Gasteiger partial charge in [0, 0.05) is 22.7 Å². The van der Waals surface area contributed by atoms with Crippen molar-refractivity contribution in [2.45, 2.75) is 25.8 Å². The van der Waals surface area contributed by atoms with Crippen LogP contribution in [0.5, 0.6) is 5.75 Å². The molecule has 1 aromatic heterocycles. The zero-order valence-corrected chi connectivity index (χ0v) is 19.8. The normalized spacial score (nSPS) is 17.8. The second kappa shape index (κ2) is 10.5. The first kappa shape index (κ1) is 23.5. The van der Waals surface area contributed by atoms with E-state index in [0.717, 1.165) is 16.1 Å². The number of carbonyl (C=O) groups excluding carboxylic acids is 3. The van der Waals surface area contributed by atoms with Crippen molar-refractivity contribution in [3.63, 3.8) is 0 Å². The maximum absolute atomic E-state index is 13.1. The first-order valence-electron chi connectivity index (χ1n) is 11.0. The van der Waals surface area contributed by atoms with E-state index in [1.807, 2.05) is 48.7 Å². The van der Waals surface area contributed by atoms with Crippen LogP contribution in [0, 0.1) is 12.8 Å². The zero-order valence-electron chi connectivity index (χ0n) is 19.0. The smallest absolute Gasteiger partial charge is 0.311 e. The zero-order chi connectivity index (χ0) is 24.1. The van der Waals surface area contributed by atoms with Crippen LogP contribution in [0.15, 0.2) is 66.0 Å². The van der Waals surface area contributed by atoms with Gasteiger partial charge < -0.3 is 19.7 Å². The topological polar surface area (TPSA) is 84.9 Å². The molecular weight excluding hydrogens is 452 g/mol. The highest BCUT2D eigenvalue weighted by molar-refractivity contribution is 7.10. The van der Waals surface area contributed by atoms with Gasteiger partial charge >= 0.3 is 5.97 Å². The Morgan fingerprint density at radius 2 is 1.82 bits per heavy atom. The molecule has 1 aliphatic rings. The number of hydrogen-bond donors (Lipinski definition) is 1. The summed E-state index contributed by atoms with van der Waals surface area (Å²) in [4.78, 5) is 41.0. The Hall–Kier alpha value is -3.65. The molecule has 0 bridgehead atoms. The van der Waals surface area contributed by atoms with Crippen LogP contribution >= 0.6 is 11.3 Å². The Bertz CT molecular complexity index is 1140. The fourth-order valence-corrected chi connectivity index (χ4v) is 4.93. The number of amides is 2. The van der Waals surface area contributed by atoms with Crippen LogP contribution < -0.4 is 15.0 Å². The fourth-order valence-electron chi connectivity index (χ4n) is 4.05. The summed E-state index contributed by atoms with van der Waals surface area (Å²) in [7, 11) is 1.56. The highest BCUT2D eigenvalue weighted by Gasteiger charge is 2.43. The molecule has 2 atom stereocenters. The number of ether oxygens (including phenoxy) is 2. The Morgan fingerprint density at radius 3 is 2.47 bits per heavy atom. The lowest BCUT2D eigenvalue weighted by molar-refractivity contribution is -0.153. The van der Waals surface area contributed by atoms with Gasteiger partial charge in [-0.15, -0.1) is 11.3 Å². The van der Waals surface area contributed by atoms with Crippen LogP contribution in [-0.4, -0.2) is 31.5 Å². The molecule has 0 radical (unpaired) electrons. The summed E-state index contributed by atoms with van der Waals surface area (Å²) < 4.78 is 10.5. The van der Waals surface area contributed by atoms with Crippen LogP contribution in [0.2, 0.25) is 0 Å². The van der Waals surface area contributed by atoms with E-state index in [4.69, 9.17) is 9.47 Å². The summed E-state index contributed by atoms with van der Waals surface area (Å²) in [5.74, 6) is -0.870. The molecular formula is C26H26N2O5S. The van der Waals surface area contributed by atoms with Crippen LogP contribution in [-0.2, 0) is 19.1 Å². The average molecular weight is 479 g/mol. The minimum atomic E-state index is -0.577. The lowest BCUT2D eigenvalue weighted by atomic mass is 9.87. The molecule has 0 spiro atoms. The monoisotopic (exact) mass is 478 g/mol. The SMILES string of the molecule is COc1ccc(NC(=O)COC(=O)[C@@H]2CCC(=O)N(c3ccc(C)cc3)[C@H]2c2cccs2)cc1. The minimum absolute atomic E-state index is 0.0384. The van der Waals surface area contributed by atoms with Gasteiger partial charge in [-0.2, -0.15) is 0 Å². The van der Waals surface area contributed by atoms with Gasteiger partial charge in [-0.05, 0) is 61.2 Å². The van der Waals surface area contributed by atoms with E-state index in [1.54, 1.807) is 36.3 Å². The maximum Gasteiger partial charge on any atom is 0.311 e. The van der Waals surface area contributed by atoms with E-state index in [2.05, 4.69) is 5.32 Å². The van der Waals surface area contributed by atoms with Crippen LogP contribution in [0.3, 0.4) is 0 Å². The number of carbonyl (C=O) groups is 3. The quantitative estimate of drug-likeness (QED) is 0.496. The number of anilines is 2. The summed E-state index contributed by atoms with van der Waals surface area (Å²) in [6.07, 6.45) is 0.594. The Balaban J connectivity index is 1.48. The molecule has 0 saturated carbocycles. The molecule has 2 amide bonds. The van der Waals surface area contributed by atoms with E-state index in [-0.39, 0.29) is 12.3 Å². The van der Waals surface area contributed by atoms with Gasteiger partial charge in [0.2, 0.25) is 5.91 Å². The van der Waals surface area contributed by atoms with Gasteiger partial charge in [-0.25, -0.2) is 0 Å². The minimum Gasteiger partial charge on any atom is -0.497 e. The van der Waals surface area contributed by atoms with Crippen LogP contribution in [0.4, 0.5) is 11.4 Å². The van der Waals surface area contributed by atoms with E-state index in [0.29, 0.717) is 17.9 Å². The van der Waals surface area contributed by atoms with Crippen LogP contribution in [0.1, 0.15) is 29.3 Å². The summed E-state index contributed by atoms with van der Waals surface area (Å²) in [6, 6.07) is 17.9. The standard InChI is InChI=1S/C26H26N2O5S/c1-17-5-9-19(10-6-17)28-24(30)14-13-21(25(28)22-4-3-15-34-22)26(31)33-16-23(29)27-18-7-11-20(32-2)12-8-18/h3-12,15,21,25H,13-14,16H2,1-2H3,(H,27,29)/t21-,25-/m1/s1. The first-order valence-corrected chi connectivity index (χ1v) is 11.9. The van der Waals surface area contributed by atoms with Crippen molar-refractivity contribution in [2.24, 2.45) is 5.92 Å². The van der Waals surface area contributed by atoms with Gasteiger partial charge in [0.15, 0.2) is 6.61 Å². The summed E-state index contributed by atoms with van der Waals surface area (Å²) in [6.45, 7) is 1.58. The van der Waals surface area contributed by atoms with Crippen molar-refractivity contribution in [2.75, 3.05) is 23.9 Å². The molecule has 7 nitrogen and oxygen atoms in total. The molecule has 1 N–H and O–H groups in total. The molecule has 2 aromatic carbocycles. The number of nitrogens with one attached hydrogen (secondary N) is 1. The van der Waals surface area contributed by atoms with Crippen LogP contribution in [0.25, 0.3) is 0 Å². The highest BCUT2D eigenvalue weighted by Crippen LogP contribution is 2.42. The molecule has 1 saturated heterocycles. The van der Waals surface area contributed by atoms with Crippen molar-refractivity contribution in [3.05, 3.63) is 76.5 Å². The Labute approximate surface area is 202 Å². The lowest BCUT2D eigenvalue weighted by Crippen LogP contribution is -2.46. The van der Waals surface area contributed by atoms with Crippen molar-refractivity contribution in [1.82, 2.24) is 0 Å². The van der Waals surface area contributed by atoms with Crippen molar-refractivity contribution in [3.8, 4) is 5.75 Å². The second-order valence-electron chi connectivity index (χ2n) is 8.09. The number of esters is 1. The van der Waals surface area contributed by atoms with Gasteiger partial charge in [-0.3, -0.25) is 14.4 Å². The first-order chi connectivity index (χ1) is 16.5. The molecule has 0 aliphatic carbocycles. The van der Waals surface area contributed by atoms with E-state index >= 15 is 0 Å². The summed E-state index contributed by atoms with van der Waals surface area (Å²) in [5, 5.41) is 4.63. The van der Waals surface area contributed by atoms with Crippen molar-refractivity contribution in [1.29, 1.82) is 0 Å². The average Bonchev–Trinajstić information content (AvgIpc) is 3.38. The molecule has 4 rings (SSSR count). The number of aryl methyl sites for hydroxylation is 1. The molecule has 1 fully saturated rings. The third kappa shape index (κ3) is 5.28.